The van der Waals surface area contributed by atoms with Gasteiger partial charge in [-0.05, 0) is 55.0 Å². The molecule has 0 unspecified atom stereocenters. The highest BCUT2D eigenvalue weighted by Gasteiger charge is 2.05. The number of allylic oxidation sites excluding steroid dienone is 1. The van der Waals surface area contributed by atoms with E-state index in [1.165, 1.54) is 5.03 Å². The summed E-state index contributed by atoms with van der Waals surface area (Å²) in [5.74, 6) is 2.87. The highest BCUT2D eigenvalue weighted by atomic mass is 32.2. The second-order valence-electron chi connectivity index (χ2n) is 4.45. The summed E-state index contributed by atoms with van der Waals surface area (Å²) in [7, 11) is 0. The van der Waals surface area contributed by atoms with Crippen LogP contribution in [-0.2, 0) is 0 Å². The third-order valence-corrected chi connectivity index (χ3v) is 3.92. The standard InChI is InChI=1S/C16H15NO2S/c18-13-5-9-15(10-6-13)19-14-7-3-12(4-8-14)17-16-2-1-11-20-16/h2-10,17-18H,1,11H2. The third-order valence-electron chi connectivity index (χ3n) is 2.90. The zero-order valence-electron chi connectivity index (χ0n) is 10.9. The van der Waals surface area contributed by atoms with Gasteiger partial charge >= 0.3 is 0 Å². The molecule has 4 heteroatoms. The molecule has 0 bridgehead atoms. The zero-order valence-corrected chi connectivity index (χ0v) is 11.7. The lowest BCUT2D eigenvalue weighted by Crippen LogP contribution is -1.93. The van der Waals surface area contributed by atoms with Crippen molar-refractivity contribution in [3.8, 4) is 17.2 Å². The Morgan fingerprint density at radius 2 is 1.60 bits per heavy atom. The van der Waals surface area contributed by atoms with Crippen molar-refractivity contribution in [3.05, 3.63) is 59.6 Å². The Bertz CT molecular complexity index is 605. The van der Waals surface area contributed by atoms with E-state index in [1.807, 2.05) is 36.0 Å². The summed E-state index contributed by atoms with van der Waals surface area (Å²) in [5.41, 5.74) is 1.06. The predicted octanol–water partition coefficient (Wildman–Crippen LogP) is 4.57. The summed E-state index contributed by atoms with van der Waals surface area (Å²) in [5, 5.41) is 13.8. The second-order valence-corrected chi connectivity index (χ2v) is 5.59. The average Bonchev–Trinajstić information content (AvgIpc) is 2.96. The topological polar surface area (TPSA) is 41.5 Å². The van der Waals surface area contributed by atoms with E-state index >= 15 is 0 Å². The van der Waals surface area contributed by atoms with Crippen molar-refractivity contribution in [2.45, 2.75) is 6.42 Å². The molecule has 1 aliphatic rings. The van der Waals surface area contributed by atoms with Gasteiger partial charge in [-0.2, -0.15) is 0 Å². The van der Waals surface area contributed by atoms with Gasteiger partial charge in [0.2, 0.25) is 0 Å². The van der Waals surface area contributed by atoms with E-state index in [4.69, 9.17) is 4.74 Å². The number of aromatic hydroxyl groups is 1. The lowest BCUT2D eigenvalue weighted by atomic mass is 10.3. The summed E-state index contributed by atoms with van der Waals surface area (Å²) in [6.07, 6.45) is 3.35. The van der Waals surface area contributed by atoms with Gasteiger partial charge < -0.3 is 15.2 Å². The van der Waals surface area contributed by atoms with Crippen LogP contribution in [0.15, 0.2) is 59.6 Å². The van der Waals surface area contributed by atoms with E-state index in [-0.39, 0.29) is 5.75 Å². The van der Waals surface area contributed by atoms with E-state index in [2.05, 4.69) is 11.4 Å². The molecule has 1 heterocycles. The number of anilines is 1. The van der Waals surface area contributed by atoms with Crippen LogP contribution < -0.4 is 10.1 Å². The predicted molar refractivity (Wildman–Crippen MR) is 83.4 cm³/mol. The molecule has 0 aliphatic carbocycles. The van der Waals surface area contributed by atoms with Crippen molar-refractivity contribution in [1.82, 2.24) is 0 Å². The molecular formula is C16H15NO2S. The van der Waals surface area contributed by atoms with E-state index < -0.39 is 0 Å². The minimum absolute atomic E-state index is 0.235. The van der Waals surface area contributed by atoms with E-state index in [0.29, 0.717) is 5.75 Å². The fraction of sp³-hybridized carbons (Fsp3) is 0.125. The quantitative estimate of drug-likeness (QED) is 0.863. The lowest BCUT2D eigenvalue weighted by molar-refractivity contribution is 0.464. The minimum Gasteiger partial charge on any atom is -0.508 e. The normalized spacial score (nSPS) is 13.9. The maximum Gasteiger partial charge on any atom is 0.127 e. The first kappa shape index (κ1) is 12.9. The highest BCUT2D eigenvalue weighted by Crippen LogP contribution is 2.28. The highest BCUT2D eigenvalue weighted by molar-refractivity contribution is 8.03. The molecule has 2 aromatic carbocycles. The minimum atomic E-state index is 0.235. The van der Waals surface area contributed by atoms with Gasteiger partial charge in [0.25, 0.3) is 0 Å². The summed E-state index contributed by atoms with van der Waals surface area (Å²) in [6.45, 7) is 0. The summed E-state index contributed by atoms with van der Waals surface area (Å²) in [4.78, 5) is 0. The Hall–Kier alpha value is -2.07. The van der Waals surface area contributed by atoms with Crippen molar-refractivity contribution in [2.24, 2.45) is 0 Å². The Morgan fingerprint density at radius 1 is 0.950 bits per heavy atom. The van der Waals surface area contributed by atoms with Crippen LogP contribution in [0.25, 0.3) is 0 Å². The summed E-state index contributed by atoms with van der Waals surface area (Å²) in [6, 6.07) is 14.5. The van der Waals surface area contributed by atoms with Crippen molar-refractivity contribution in [3.63, 3.8) is 0 Å². The van der Waals surface area contributed by atoms with Gasteiger partial charge in [-0.25, -0.2) is 0 Å². The second kappa shape index (κ2) is 5.92. The molecule has 1 aliphatic heterocycles. The van der Waals surface area contributed by atoms with Gasteiger partial charge in [-0.3, -0.25) is 0 Å². The van der Waals surface area contributed by atoms with Crippen molar-refractivity contribution < 1.29 is 9.84 Å². The molecule has 0 saturated carbocycles. The van der Waals surface area contributed by atoms with Gasteiger partial charge in [0, 0.05) is 11.4 Å². The largest absolute Gasteiger partial charge is 0.508 e. The van der Waals surface area contributed by atoms with Gasteiger partial charge in [-0.15, -0.1) is 11.8 Å². The monoisotopic (exact) mass is 285 g/mol. The molecule has 0 spiro atoms. The maximum atomic E-state index is 9.22. The Balaban J connectivity index is 1.65. The van der Waals surface area contributed by atoms with E-state index in [0.717, 1.165) is 23.6 Å². The fourth-order valence-corrected chi connectivity index (χ4v) is 2.79. The first-order chi connectivity index (χ1) is 9.79. The van der Waals surface area contributed by atoms with Crippen LogP contribution in [0.4, 0.5) is 5.69 Å². The molecule has 0 amide bonds. The van der Waals surface area contributed by atoms with Gasteiger partial charge in [0.1, 0.15) is 17.2 Å². The van der Waals surface area contributed by atoms with Crippen molar-refractivity contribution >= 4 is 17.4 Å². The number of benzene rings is 2. The summed E-state index contributed by atoms with van der Waals surface area (Å²) < 4.78 is 5.70. The van der Waals surface area contributed by atoms with Crippen LogP contribution in [0.5, 0.6) is 17.2 Å². The number of rotatable bonds is 4. The molecule has 20 heavy (non-hydrogen) atoms. The number of hydrogen-bond donors (Lipinski definition) is 2. The zero-order chi connectivity index (χ0) is 13.8. The van der Waals surface area contributed by atoms with Crippen LogP contribution in [0.2, 0.25) is 0 Å². The van der Waals surface area contributed by atoms with Crippen LogP contribution in [0.1, 0.15) is 6.42 Å². The van der Waals surface area contributed by atoms with Crippen molar-refractivity contribution in [2.75, 3.05) is 11.1 Å². The van der Waals surface area contributed by atoms with Crippen LogP contribution in [-0.4, -0.2) is 10.9 Å². The number of thioether (sulfide) groups is 1. The fourth-order valence-electron chi connectivity index (χ4n) is 1.90. The SMILES string of the molecule is Oc1ccc(Oc2ccc(NC3=CCCS3)cc2)cc1. The molecule has 0 fully saturated rings. The molecule has 2 N–H and O–H groups in total. The first-order valence-corrected chi connectivity index (χ1v) is 7.45. The lowest BCUT2D eigenvalue weighted by Gasteiger charge is -2.09. The Morgan fingerprint density at radius 3 is 2.20 bits per heavy atom. The molecule has 0 saturated heterocycles. The molecule has 0 atom stereocenters. The van der Waals surface area contributed by atoms with E-state index in [9.17, 15) is 5.11 Å². The first-order valence-electron chi connectivity index (χ1n) is 6.46. The molecule has 3 rings (SSSR count). The average molecular weight is 285 g/mol. The van der Waals surface area contributed by atoms with Crippen LogP contribution >= 0.6 is 11.8 Å². The molecule has 102 valence electrons. The van der Waals surface area contributed by atoms with Gasteiger partial charge in [0.05, 0.1) is 5.03 Å². The number of phenolic OH excluding ortho intramolecular Hbond substituents is 1. The third kappa shape index (κ3) is 3.27. The van der Waals surface area contributed by atoms with Gasteiger partial charge in [-0.1, -0.05) is 6.08 Å². The molecule has 2 aromatic rings. The number of nitrogens with one attached hydrogen (secondary N) is 1. The molecular weight excluding hydrogens is 270 g/mol. The Kier molecular flexibility index (Phi) is 3.83. The van der Waals surface area contributed by atoms with E-state index in [1.54, 1.807) is 24.3 Å². The molecule has 3 nitrogen and oxygen atoms in total. The maximum absolute atomic E-state index is 9.22. The molecule has 0 aromatic heterocycles. The van der Waals surface area contributed by atoms with Crippen molar-refractivity contribution in [1.29, 1.82) is 0 Å². The van der Waals surface area contributed by atoms with Gasteiger partial charge in [0.15, 0.2) is 0 Å². The van der Waals surface area contributed by atoms with Crippen LogP contribution in [0, 0.1) is 0 Å². The Labute approximate surface area is 122 Å². The smallest absolute Gasteiger partial charge is 0.127 e. The molecule has 0 radical (unpaired) electrons. The van der Waals surface area contributed by atoms with Crippen LogP contribution in [0.3, 0.4) is 0 Å². The number of hydrogen-bond acceptors (Lipinski definition) is 4. The number of phenols is 1. The summed E-state index contributed by atoms with van der Waals surface area (Å²) >= 11 is 1.84. The number of ether oxygens (including phenoxy) is 1.